The molecule has 0 aliphatic rings. The molecule has 120 valence electrons. The van der Waals surface area contributed by atoms with E-state index in [0.29, 0.717) is 22.7 Å². The fourth-order valence-corrected chi connectivity index (χ4v) is 2.50. The summed E-state index contributed by atoms with van der Waals surface area (Å²) >= 11 is 0. The molecule has 0 amide bonds. The van der Waals surface area contributed by atoms with Gasteiger partial charge in [0.05, 0.1) is 19.2 Å². The lowest BCUT2D eigenvalue weighted by Crippen LogP contribution is -2.14. The van der Waals surface area contributed by atoms with Gasteiger partial charge in [-0.05, 0) is 37.3 Å². The van der Waals surface area contributed by atoms with Gasteiger partial charge in [0.1, 0.15) is 17.1 Å². The molecule has 0 aliphatic heterocycles. The molecule has 0 radical (unpaired) electrons. The molecule has 0 bridgehead atoms. The molecular formula is C18H18ClNO3. The van der Waals surface area contributed by atoms with Crippen LogP contribution in [0.2, 0.25) is 0 Å². The van der Waals surface area contributed by atoms with E-state index in [1.165, 1.54) is 0 Å². The molecule has 1 aromatic heterocycles. The lowest BCUT2D eigenvalue weighted by Gasteiger charge is -2.05. The molecular weight excluding hydrogens is 314 g/mol. The molecule has 3 rings (SSSR count). The number of ketones is 1. The van der Waals surface area contributed by atoms with Crippen molar-refractivity contribution in [3.8, 4) is 5.75 Å². The molecule has 0 spiro atoms. The zero-order chi connectivity index (χ0) is 15.5. The molecule has 0 saturated heterocycles. The number of halogens is 1. The summed E-state index contributed by atoms with van der Waals surface area (Å²) in [5, 5.41) is 3.92. The second kappa shape index (κ2) is 7.20. The first kappa shape index (κ1) is 16.9. The first-order valence-electron chi connectivity index (χ1n) is 7.08. The molecule has 2 aromatic carbocycles. The van der Waals surface area contributed by atoms with Crippen LogP contribution >= 0.6 is 12.4 Å². The molecule has 0 saturated carbocycles. The van der Waals surface area contributed by atoms with Crippen molar-refractivity contribution in [2.75, 3.05) is 19.0 Å². The van der Waals surface area contributed by atoms with Gasteiger partial charge >= 0.3 is 0 Å². The van der Waals surface area contributed by atoms with Crippen LogP contribution in [0.25, 0.3) is 11.0 Å². The van der Waals surface area contributed by atoms with Gasteiger partial charge in [0.2, 0.25) is 0 Å². The number of aryl methyl sites for hydroxylation is 1. The van der Waals surface area contributed by atoms with Crippen molar-refractivity contribution in [1.82, 2.24) is 0 Å². The molecule has 1 heterocycles. The van der Waals surface area contributed by atoms with Crippen LogP contribution in [0.4, 0.5) is 5.69 Å². The zero-order valence-corrected chi connectivity index (χ0v) is 13.8. The maximum atomic E-state index is 12.6. The second-order valence-electron chi connectivity index (χ2n) is 5.04. The highest BCUT2D eigenvalue weighted by atomic mass is 35.5. The average molecular weight is 332 g/mol. The summed E-state index contributed by atoms with van der Waals surface area (Å²) in [5.41, 5.74) is 2.22. The number of hydrogen-bond acceptors (Lipinski definition) is 4. The minimum Gasteiger partial charge on any atom is -0.497 e. The van der Waals surface area contributed by atoms with Gasteiger partial charge in [0.25, 0.3) is 0 Å². The highest BCUT2D eigenvalue weighted by Crippen LogP contribution is 2.29. The molecule has 23 heavy (non-hydrogen) atoms. The normalized spacial score (nSPS) is 10.2. The van der Waals surface area contributed by atoms with Gasteiger partial charge < -0.3 is 14.5 Å². The lowest BCUT2D eigenvalue weighted by molar-refractivity contribution is 0.101. The molecule has 3 aromatic rings. The zero-order valence-electron chi connectivity index (χ0n) is 13.0. The minimum atomic E-state index is -0.00615. The Morgan fingerprint density at radius 1 is 1.17 bits per heavy atom. The van der Waals surface area contributed by atoms with Crippen molar-refractivity contribution in [3.63, 3.8) is 0 Å². The molecule has 5 heteroatoms. The Hall–Kier alpha value is -2.46. The minimum absolute atomic E-state index is 0. The van der Waals surface area contributed by atoms with Gasteiger partial charge in [-0.25, -0.2) is 0 Å². The van der Waals surface area contributed by atoms with Gasteiger partial charge in [0.15, 0.2) is 5.78 Å². The Kier molecular flexibility index (Phi) is 5.29. The first-order chi connectivity index (χ1) is 10.7. The van der Waals surface area contributed by atoms with Gasteiger partial charge in [-0.2, -0.15) is 0 Å². The number of para-hydroxylation sites is 1. The summed E-state index contributed by atoms with van der Waals surface area (Å²) in [5.74, 6) is 1.33. The Balaban J connectivity index is 0.00000192. The first-order valence-corrected chi connectivity index (χ1v) is 7.08. The summed E-state index contributed by atoms with van der Waals surface area (Å²) in [7, 11) is 1.60. The van der Waals surface area contributed by atoms with Crippen molar-refractivity contribution < 1.29 is 13.9 Å². The van der Waals surface area contributed by atoms with Crippen LogP contribution in [-0.4, -0.2) is 19.4 Å². The third kappa shape index (κ3) is 3.48. The number of carbonyl (C=O) groups is 1. The monoisotopic (exact) mass is 331 g/mol. The molecule has 0 unspecified atom stereocenters. The van der Waals surface area contributed by atoms with E-state index in [4.69, 9.17) is 9.15 Å². The van der Waals surface area contributed by atoms with Crippen LogP contribution in [0.1, 0.15) is 16.1 Å². The number of nitrogens with one attached hydrogen (secondary N) is 1. The van der Waals surface area contributed by atoms with E-state index in [2.05, 4.69) is 5.32 Å². The fraction of sp³-hybridized carbons (Fsp3) is 0.167. The van der Waals surface area contributed by atoms with Crippen molar-refractivity contribution in [1.29, 1.82) is 0 Å². The number of methoxy groups -OCH3 is 1. The summed E-state index contributed by atoms with van der Waals surface area (Å²) in [4.78, 5) is 12.6. The topological polar surface area (TPSA) is 51.5 Å². The Bertz CT molecular complexity index is 812. The predicted octanol–water partition coefficient (Wildman–Crippen LogP) is 4.47. The molecule has 0 aliphatic carbocycles. The number of ether oxygens (including phenoxy) is 1. The number of rotatable bonds is 5. The van der Waals surface area contributed by atoms with E-state index in [1.807, 2.05) is 55.5 Å². The summed E-state index contributed by atoms with van der Waals surface area (Å²) < 4.78 is 10.9. The van der Waals surface area contributed by atoms with Crippen molar-refractivity contribution in [3.05, 3.63) is 59.9 Å². The smallest absolute Gasteiger partial charge is 0.185 e. The SMILES string of the molecule is COc1ccc2oc(C)c(C(=O)CNc3ccccc3)c2c1.Cl. The van der Waals surface area contributed by atoms with Crippen LogP contribution in [0.5, 0.6) is 5.75 Å². The van der Waals surface area contributed by atoms with Gasteiger partial charge in [0, 0.05) is 11.1 Å². The third-order valence-electron chi connectivity index (χ3n) is 3.58. The molecule has 0 fully saturated rings. The lowest BCUT2D eigenvalue weighted by atomic mass is 10.1. The highest BCUT2D eigenvalue weighted by Gasteiger charge is 2.18. The van der Waals surface area contributed by atoms with E-state index >= 15 is 0 Å². The molecule has 0 atom stereocenters. The average Bonchev–Trinajstić information content (AvgIpc) is 2.88. The fourth-order valence-electron chi connectivity index (χ4n) is 2.50. The quantitative estimate of drug-likeness (QED) is 0.701. The van der Waals surface area contributed by atoms with Crippen molar-refractivity contribution in [2.45, 2.75) is 6.92 Å². The highest BCUT2D eigenvalue weighted by molar-refractivity contribution is 6.10. The Morgan fingerprint density at radius 2 is 1.91 bits per heavy atom. The Morgan fingerprint density at radius 3 is 2.61 bits per heavy atom. The van der Waals surface area contributed by atoms with E-state index in [9.17, 15) is 4.79 Å². The summed E-state index contributed by atoms with van der Waals surface area (Å²) in [6.07, 6.45) is 0. The van der Waals surface area contributed by atoms with Crippen LogP contribution in [0.15, 0.2) is 52.9 Å². The number of hydrogen-bond donors (Lipinski definition) is 1. The van der Waals surface area contributed by atoms with Crippen LogP contribution in [0, 0.1) is 6.92 Å². The summed E-state index contributed by atoms with van der Waals surface area (Å²) in [6, 6.07) is 15.1. The number of furan rings is 1. The predicted molar refractivity (Wildman–Crippen MR) is 94.0 cm³/mol. The van der Waals surface area contributed by atoms with E-state index in [1.54, 1.807) is 7.11 Å². The van der Waals surface area contributed by atoms with Crippen molar-refractivity contribution in [2.24, 2.45) is 0 Å². The van der Waals surface area contributed by atoms with Gasteiger partial charge in [-0.1, -0.05) is 18.2 Å². The largest absolute Gasteiger partial charge is 0.497 e. The van der Waals surface area contributed by atoms with E-state index in [0.717, 1.165) is 11.1 Å². The second-order valence-corrected chi connectivity index (χ2v) is 5.04. The number of benzene rings is 2. The third-order valence-corrected chi connectivity index (χ3v) is 3.58. The van der Waals surface area contributed by atoms with Gasteiger partial charge in [-0.3, -0.25) is 4.79 Å². The van der Waals surface area contributed by atoms with Crippen LogP contribution in [-0.2, 0) is 0 Å². The maximum Gasteiger partial charge on any atom is 0.185 e. The van der Waals surface area contributed by atoms with Crippen LogP contribution < -0.4 is 10.1 Å². The van der Waals surface area contributed by atoms with Crippen molar-refractivity contribution >= 4 is 34.8 Å². The maximum absolute atomic E-state index is 12.6. The van der Waals surface area contributed by atoms with Crippen LogP contribution in [0.3, 0.4) is 0 Å². The summed E-state index contributed by atoms with van der Waals surface area (Å²) in [6.45, 7) is 2.03. The van der Waals surface area contributed by atoms with E-state index in [-0.39, 0.29) is 24.7 Å². The van der Waals surface area contributed by atoms with Gasteiger partial charge in [-0.15, -0.1) is 12.4 Å². The standard InChI is InChI=1S/C18H17NO3.ClH/c1-12-18(15-10-14(21-2)8-9-17(15)22-12)16(20)11-19-13-6-4-3-5-7-13;/h3-10,19H,11H2,1-2H3;1H. The molecule has 1 N–H and O–H groups in total. The number of fused-ring (bicyclic) bond motifs is 1. The van der Waals surface area contributed by atoms with E-state index < -0.39 is 0 Å². The number of Topliss-reactive ketones (excluding diaryl/α,β-unsaturated/α-hetero) is 1. The number of carbonyl (C=O) groups excluding carboxylic acids is 1. The number of anilines is 1. The molecule has 4 nitrogen and oxygen atoms in total. The Labute approximate surface area is 140 Å².